The third-order valence-electron chi connectivity index (χ3n) is 3.94. The number of carbonyl (C=O) groups is 2. The Morgan fingerprint density at radius 1 is 1.11 bits per heavy atom. The highest BCUT2D eigenvalue weighted by Crippen LogP contribution is 2.21. The summed E-state index contributed by atoms with van der Waals surface area (Å²) >= 11 is 5.91. The number of halogens is 1. The first-order valence-corrected chi connectivity index (χ1v) is 9.35. The zero-order chi connectivity index (χ0) is 20.4. The van der Waals surface area contributed by atoms with Gasteiger partial charge in [-0.15, -0.1) is 0 Å². The number of carbonyl (C=O) groups excluding carboxylic acids is 1. The van der Waals surface area contributed by atoms with Crippen molar-refractivity contribution >= 4 is 29.2 Å². The van der Waals surface area contributed by atoms with Crippen LogP contribution in [0.3, 0.4) is 0 Å². The molecule has 0 unspecified atom stereocenters. The van der Waals surface area contributed by atoms with E-state index >= 15 is 0 Å². The molecule has 7 heteroatoms. The van der Waals surface area contributed by atoms with Gasteiger partial charge in [-0.2, -0.15) is 5.10 Å². The van der Waals surface area contributed by atoms with E-state index in [-0.39, 0.29) is 25.2 Å². The molecule has 0 saturated carbocycles. The number of aryl methyl sites for hydroxylation is 1. The Kier molecular flexibility index (Phi) is 8.49. The van der Waals surface area contributed by atoms with Crippen LogP contribution in [-0.2, 0) is 9.59 Å². The monoisotopic (exact) mass is 402 g/mol. The van der Waals surface area contributed by atoms with Gasteiger partial charge in [0, 0.05) is 17.9 Å². The van der Waals surface area contributed by atoms with Crippen molar-refractivity contribution in [3.63, 3.8) is 0 Å². The number of hydrogen-bond donors (Lipinski definition) is 2. The summed E-state index contributed by atoms with van der Waals surface area (Å²) in [4.78, 5) is 22.9. The molecule has 0 aliphatic carbocycles. The van der Waals surface area contributed by atoms with Gasteiger partial charge in [0.25, 0.3) is 0 Å². The molecule has 0 spiro atoms. The Morgan fingerprint density at radius 2 is 1.86 bits per heavy atom. The highest BCUT2D eigenvalue weighted by atomic mass is 35.5. The zero-order valence-corrected chi connectivity index (χ0v) is 16.4. The normalized spacial score (nSPS) is 11.1. The average molecular weight is 403 g/mol. The van der Waals surface area contributed by atoms with Gasteiger partial charge < -0.3 is 9.84 Å². The molecule has 0 aliphatic heterocycles. The lowest BCUT2D eigenvalue weighted by molar-refractivity contribution is -0.136. The second-order valence-corrected chi connectivity index (χ2v) is 6.65. The van der Waals surface area contributed by atoms with E-state index in [1.54, 1.807) is 12.1 Å². The van der Waals surface area contributed by atoms with Gasteiger partial charge >= 0.3 is 5.97 Å². The number of ether oxygens (including phenoxy) is 1. The third-order valence-corrected chi connectivity index (χ3v) is 4.18. The van der Waals surface area contributed by atoms with Crippen molar-refractivity contribution in [1.82, 2.24) is 5.43 Å². The Hall–Kier alpha value is -2.86. The van der Waals surface area contributed by atoms with Crippen molar-refractivity contribution in [3.05, 3.63) is 64.7 Å². The molecule has 0 bridgehead atoms. The molecule has 2 aromatic rings. The maximum Gasteiger partial charge on any atom is 0.303 e. The fourth-order valence-corrected chi connectivity index (χ4v) is 2.72. The summed E-state index contributed by atoms with van der Waals surface area (Å²) in [5, 5.41) is 13.7. The van der Waals surface area contributed by atoms with Gasteiger partial charge in [0.15, 0.2) is 0 Å². The second kappa shape index (κ2) is 11.1. The molecular weight excluding hydrogens is 380 g/mol. The van der Waals surface area contributed by atoms with E-state index in [1.165, 1.54) is 0 Å². The van der Waals surface area contributed by atoms with Crippen molar-refractivity contribution in [2.45, 2.75) is 32.6 Å². The standard InChI is InChI=1S/C21H23ClN2O4/c1-15-14-17(22)9-11-19(15)28-13-5-8-20(25)24-23-18(10-12-21(26)27)16-6-3-2-4-7-16/h2-4,6-7,9,11,14H,5,8,10,12-13H2,1H3,(H,24,25)(H,26,27). The number of rotatable bonds is 10. The molecule has 2 aromatic carbocycles. The Balaban J connectivity index is 1.83. The van der Waals surface area contributed by atoms with Crippen molar-refractivity contribution in [3.8, 4) is 5.75 Å². The van der Waals surface area contributed by atoms with Gasteiger partial charge in [-0.25, -0.2) is 5.43 Å². The molecule has 148 valence electrons. The molecule has 0 aliphatic rings. The van der Waals surface area contributed by atoms with Crippen LogP contribution in [0.25, 0.3) is 0 Å². The van der Waals surface area contributed by atoms with Gasteiger partial charge in [0.1, 0.15) is 5.75 Å². The van der Waals surface area contributed by atoms with Crippen LogP contribution < -0.4 is 10.2 Å². The number of hydrogen-bond acceptors (Lipinski definition) is 4. The van der Waals surface area contributed by atoms with Crippen LogP contribution in [0.2, 0.25) is 5.02 Å². The summed E-state index contributed by atoms with van der Waals surface area (Å²) in [5.74, 6) is -0.423. The number of amides is 1. The van der Waals surface area contributed by atoms with Gasteiger partial charge in [-0.05, 0) is 42.7 Å². The number of carboxylic acids is 1. The van der Waals surface area contributed by atoms with E-state index in [0.717, 1.165) is 16.9 Å². The molecule has 2 N–H and O–H groups in total. The number of carboxylic acid groups (broad SMARTS) is 1. The first-order valence-electron chi connectivity index (χ1n) is 8.97. The molecular formula is C21H23ClN2O4. The predicted molar refractivity (Wildman–Crippen MR) is 109 cm³/mol. The summed E-state index contributed by atoms with van der Waals surface area (Å²) in [5.41, 5.74) is 4.76. The minimum Gasteiger partial charge on any atom is -0.493 e. The highest BCUT2D eigenvalue weighted by Gasteiger charge is 2.08. The molecule has 0 atom stereocenters. The average Bonchev–Trinajstić information content (AvgIpc) is 2.67. The van der Waals surface area contributed by atoms with E-state index in [2.05, 4.69) is 10.5 Å². The van der Waals surface area contributed by atoms with Crippen molar-refractivity contribution in [2.75, 3.05) is 6.61 Å². The second-order valence-electron chi connectivity index (χ2n) is 6.22. The van der Waals surface area contributed by atoms with Crippen LogP contribution in [0.1, 0.15) is 36.8 Å². The number of nitrogens with zero attached hydrogens (tertiary/aromatic N) is 1. The molecule has 0 aromatic heterocycles. The number of aliphatic carboxylic acids is 1. The molecule has 0 radical (unpaired) electrons. The first kappa shape index (κ1) is 21.4. The summed E-state index contributed by atoms with van der Waals surface area (Å²) in [6, 6.07) is 14.6. The number of nitrogens with one attached hydrogen (secondary N) is 1. The Bertz CT molecular complexity index is 838. The lowest BCUT2D eigenvalue weighted by Crippen LogP contribution is -2.21. The lowest BCUT2D eigenvalue weighted by Gasteiger charge is -2.09. The Labute approximate surface area is 169 Å². The maximum atomic E-state index is 12.0. The number of hydrazone groups is 1. The van der Waals surface area contributed by atoms with Crippen LogP contribution in [0.5, 0.6) is 5.75 Å². The van der Waals surface area contributed by atoms with Crippen molar-refractivity contribution < 1.29 is 19.4 Å². The van der Waals surface area contributed by atoms with Crippen LogP contribution in [0, 0.1) is 6.92 Å². The van der Waals surface area contributed by atoms with Crippen LogP contribution in [0.4, 0.5) is 0 Å². The molecule has 28 heavy (non-hydrogen) atoms. The molecule has 0 fully saturated rings. The van der Waals surface area contributed by atoms with E-state index < -0.39 is 5.97 Å². The van der Waals surface area contributed by atoms with Gasteiger partial charge in [0.2, 0.25) is 5.91 Å². The van der Waals surface area contributed by atoms with Crippen LogP contribution in [0.15, 0.2) is 53.6 Å². The highest BCUT2D eigenvalue weighted by molar-refractivity contribution is 6.30. The molecule has 0 heterocycles. The van der Waals surface area contributed by atoms with Crippen LogP contribution >= 0.6 is 11.6 Å². The maximum absolute atomic E-state index is 12.0. The van der Waals surface area contributed by atoms with E-state index in [4.69, 9.17) is 21.4 Å². The van der Waals surface area contributed by atoms with Crippen molar-refractivity contribution in [2.24, 2.45) is 5.10 Å². The van der Waals surface area contributed by atoms with E-state index in [1.807, 2.05) is 43.3 Å². The van der Waals surface area contributed by atoms with Gasteiger partial charge in [0.05, 0.1) is 18.7 Å². The van der Waals surface area contributed by atoms with E-state index in [9.17, 15) is 9.59 Å². The minimum atomic E-state index is -0.912. The number of benzene rings is 2. The molecule has 1 amide bonds. The minimum absolute atomic E-state index is 0.0577. The largest absolute Gasteiger partial charge is 0.493 e. The lowest BCUT2D eigenvalue weighted by atomic mass is 10.1. The quantitative estimate of drug-likeness (QED) is 0.354. The smallest absolute Gasteiger partial charge is 0.303 e. The zero-order valence-electron chi connectivity index (χ0n) is 15.7. The summed E-state index contributed by atoms with van der Waals surface area (Å²) in [7, 11) is 0. The Morgan fingerprint density at radius 3 is 2.54 bits per heavy atom. The van der Waals surface area contributed by atoms with Crippen LogP contribution in [-0.4, -0.2) is 29.3 Å². The van der Waals surface area contributed by atoms with Gasteiger partial charge in [-0.1, -0.05) is 41.9 Å². The molecule has 6 nitrogen and oxygen atoms in total. The fourth-order valence-electron chi connectivity index (χ4n) is 2.50. The SMILES string of the molecule is Cc1cc(Cl)ccc1OCCCC(=O)NN=C(CCC(=O)O)c1ccccc1. The summed E-state index contributed by atoms with van der Waals surface area (Å²) < 4.78 is 5.66. The molecule has 2 rings (SSSR count). The van der Waals surface area contributed by atoms with Gasteiger partial charge in [-0.3, -0.25) is 9.59 Å². The van der Waals surface area contributed by atoms with E-state index in [0.29, 0.717) is 23.8 Å². The molecule has 0 saturated heterocycles. The summed E-state index contributed by atoms with van der Waals surface area (Å²) in [6.07, 6.45) is 0.951. The topological polar surface area (TPSA) is 88.0 Å². The predicted octanol–water partition coefficient (Wildman–Crippen LogP) is 4.19. The first-order chi connectivity index (χ1) is 13.5. The summed E-state index contributed by atoms with van der Waals surface area (Å²) in [6.45, 7) is 2.30. The van der Waals surface area contributed by atoms with Crippen molar-refractivity contribution in [1.29, 1.82) is 0 Å². The third kappa shape index (κ3) is 7.40. The fraction of sp³-hybridized carbons (Fsp3) is 0.286.